The lowest BCUT2D eigenvalue weighted by atomic mass is 10.9. The second-order valence-electron chi connectivity index (χ2n) is 1.26. The minimum atomic E-state index is -0.705. The molecule has 0 heterocycles. The summed E-state index contributed by atoms with van der Waals surface area (Å²) in [6, 6.07) is -1.41. The van der Waals surface area contributed by atoms with Crippen molar-refractivity contribution < 1.29 is 9.59 Å². The summed E-state index contributed by atoms with van der Waals surface area (Å²) in [7, 11) is 0. The number of amides is 4. The molecule has 0 radical (unpaired) electrons. The second kappa shape index (κ2) is 5.63. The van der Waals surface area contributed by atoms with Crippen LogP contribution in [-0.2, 0) is 0 Å². The van der Waals surface area contributed by atoms with E-state index in [-0.39, 0.29) is 12.8 Å². The Morgan fingerprint density at radius 1 is 1.10 bits per heavy atom. The molecule has 7 nitrogen and oxygen atoms in total. The zero-order valence-corrected chi connectivity index (χ0v) is 5.39. The Bertz CT molecular complexity index is 110. The molecule has 0 atom stereocenters. The van der Waals surface area contributed by atoms with Gasteiger partial charge in [-0.1, -0.05) is 0 Å². The maximum atomic E-state index is 9.90. The van der Waals surface area contributed by atoms with Crippen LogP contribution in [0, 0.1) is 0 Å². The molecule has 4 amide bonds. The summed E-state index contributed by atoms with van der Waals surface area (Å²) in [6.45, 7) is -0.0370. The van der Waals surface area contributed by atoms with E-state index in [9.17, 15) is 9.59 Å². The Kier molecular flexibility index (Phi) is 6.38. The van der Waals surface area contributed by atoms with Crippen molar-refractivity contribution in [2.24, 2.45) is 11.5 Å². The fraction of sp³-hybridized carbons (Fsp3) is 0.333. The summed E-state index contributed by atoms with van der Waals surface area (Å²) in [5.74, 6) is 0. The van der Waals surface area contributed by atoms with Crippen molar-refractivity contribution in [2.75, 3.05) is 6.67 Å². The van der Waals surface area contributed by atoms with Gasteiger partial charge in [-0.15, -0.1) is 0 Å². The molecule has 0 fully saturated rings. The first-order chi connectivity index (χ1) is 4.13. The number of carbonyl (C=O) groups is 2. The van der Waals surface area contributed by atoms with Gasteiger partial charge in [0.25, 0.3) is 0 Å². The van der Waals surface area contributed by atoms with Crippen molar-refractivity contribution in [2.45, 2.75) is 0 Å². The van der Waals surface area contributed by atoms with Crippen LogP contribution in [0.1, 0.15) is 0 Å². The number of carbonyl (C=O) groups excluding carboxylic acids is 2. The Balaban J connectivity index is 0. The molecular weight excluding hydrogens is 138 g/mol. The topological polar surface area (TPSA) is 145 Å². The molecule has 0 saturated carbocycles. The average molecular weight is 149 g/mol. The monoisotopic (exact) mass is 149 g/mol. The Morgan fingerprint density at radius 2 is 1.40 bits per heavy atom. The highest BCUT2D eigenvalue weighted by molar-refractivity contribution is 5.74. The van der Waals surface area contributed by atoms with Crippen LogP contribution in [-0.4, -0.2) is 18.7 Å². The zero-order chi connectivity index (χ0) is 7.28. The van der Waals surface area contributed by atoms with Crippen molar-refractivity contribution >= 4 is 12.1 Å². The molecule has 10 heavy (non-hydrogen) atoms. The van der Waals surface area contributed by atoms with E-state index < -0.39 is 12.1 Å². The molecule has 9 N–H and O–H groups in total. The summed E-state index contributed by atoms with van der Waals surface area (Å²) >= 11 is 0. The van der Waals surface area contributed by atoms with E-state index in [0.717, 1.165) is 0 Å². The maximum absolute atomic E-state index is 9.90. The van der Waals surface area contributed by atoms with E-state index in [4.69, 9.17) is 0 Å². The lowest BCUT2D eigenvalue weighted by Crippen LogP contribution is -2.41. The normalized spacial score (nSPS) is 7.20. The summed E-state index contributed by atoms with van der Waals surface area (Å²) < 4.78 is 0. The van der Waals surface area contributed by atoms with Crippen molar-refractivity contribution in [3.8, 4) is 0 Å². The minimum absolute atomic E-state index is 0. The van der Waals surface area contributed by atoms with Crippen molar-refractivity contribution in [1.29, 1.82) is 0 Å². The van der Waals surface area contributed by atoms with Gasteiger partial charge in [0, 0.05) is 0 Å². The van der Waals surface area contributed by atoms with Gasteiger partial charge in [0.05, 0.1) is 6.67 Å². The molecule has 0 aliphatic heterocycles. The van der Waals surface area contributed by atoms with Crippen LogP contribution >= 0.6 is 0 Å². The minimum Gasteiger partial charge on any atom is -0.352 e. The van der Waals surface area contributed by atoms with E-state index in [1.807, 2.05) is 0 Å². The van der Waals surface area contributed by atoms with Crippen LogP contribution in [0.3, 0.4) is 0 Å². The number of hydrogen-bond donors (Lipinski definition) is 5. The Labute approximate surface area is 57.7 Å². The Hall–Kier alpha value is -1.50. The van der Waals surface area contributed by atoms with Gasteiger partial charge >= 0.3 is 12.1 Å². The number of nitrogens with two attached hydrogens (primary N) is 2. The van der Waals surface area contributed by atoms with Gasteiger partial charge in [0.15, 0.2) is 0 Å². The summed E-state index contributed by atoms with van der Waals surface area (Å²) in [4.78, 5) is 19.8. The summed E-state index contributed by atoms with van der Waals surface area (Å²) in [5.41, 5.74) is 9.27. The summed E-state index contributed by atoms with van der Waals surface area (Å²) in [6.07, 6.45) is 0. The van der Waals surface area contributed by atoms with E-state index in [2.05, 4.69) is 22.1 Å². The van der Waals surface area contributed by atoms with Crippen molar-refractivity contribution in [3.63, 3.8) is 0 Å². The molecule has 0 spiro atoms. The number of hydrogen-bond acceptors (Lipinski definition) is 3. The third-order valence-corrected chi connectivity index (χ3v) is 0.525. The van der Waals surface area contributed by atoms with Crippen LogP contribution in [0.15, 0.2) is 0 Å². The first kappa shape index (κ1) is 11.3. The van der Waals surface area contributed by atoms with Crippen LogP contribution in [0.5, 0.6) is 0 Å². The van der Waals surface area contributed by atoms with E-state index in [0.29, 0.717) is 0 Å². The van der Waals surface area contributed by atoms with E-state index >= 15 is 0 Å². The zero-order valence-electron chi connectivity index (χ0n) is 5.39. The van der Waals surface area contributed by atoms with Crippen LogP contribution in [0.25, 0.3) is 0 Å². The molecule has 0 aliphatic carbocycles. The van der Waals surface area contributed by atoms with Gasteiger partial charge in [-0.05, 0) is 0 Å². The highest BCUT2D eigenvalue weighted by Crippen LogP contribution is 1.53. The molecule has 0 unspecified atom stereocenters. The average Bonchev–Trinajstić information content (AvgIpc) is 1.63. The molecule has 0 aliphatic rings. The Morgan fingerprint density at radius 3 is 1.60 bits per heavy atom. The molecule has 0 rings (SSSR count). The first-order valence-electron chi connectivity index (χ1n) is 2.19. The van der Waals surface area contributed by atoms with Crippen molar-refractivity contribution in [1.82, 2.24) is 16.8 Å². The lowest BCUT2D eigenvalue weighted by Gasteiger charge is -1.99. The molecule has 0 aromatic carbocycles. The number of urea groups is 2. The molecule has 60 valence electrons. The first-order valence-corrected chi connectivity index (χ1v) is 2.19. The fourth-order valence-electron chi connectivity index (χ4n) is 0.218. The van der Waals surface area contributed by atoms with Gasteiger partial charge in [-0.25, -0.2) is 9.59 Å². The van der Waals surface area contributed by atoms with Gasteiger partial charge in [0.1, 0.15) is 0 Å². The van der Waals surface area contributed by atoms with Crippen molar-refractivity contribution in [3.05, 3.63) is 0 Å². The highest BCUT2D eigenvalue weighted by Gasteiger charge is 1.90. The summed E-state index contributed by atoms with van der Waals surface area (Å²) in [5, 5.41) is 4.21. The van der Waals surface area contributed by atoms with E-state index in [1.54, 1.807) is 0 Å². The van der Waals surface area contributed by atoms with Crippen LogP contribution < -0.4 is 28.3 Å². The third kappa shape index (κ3) is 9.71. The lowest BCUT2D eigenvalue weighted by molar-refractivity contribution is 0.243. The number of nitrogens with one attached hydrogen (secondary N) is 2. The second-order valence-corrected chi connectivity index (χ2v) is 1.26. The predicted molar refractivity (Wildman–Crippen MR) is 35.3 cm³/mol. The maximum Gasteiger partial charge on any atom is 0.313 e. The molecule has 0 bridgehead atoms. The number of rotatable bonds is 2. The quantitative estimate of drug-likeness (QED) is 0.302. The molecular formula is C3H11N5O2. The third-order valence-electron chi connectivity index (χ3n) is 0.525. The van der Waals surface area contributed by atoms with Crippen LogP contribution in [0.2, 0.25) is 0 Å². The smallest absolute Gasteiger partial charge is 0.313 e. The van der Waals surface area contributed by atoms with Gasteiger partial charge in [-0.2, -0.15) is 0 Å². The SMILES string of the molecule is N.NC(=O)NCNC(N)=O. The standard InChI is InChI=1S/C3H8N4O2.H3N/c4-2(8)6-1-7-3(5)9;/h1H2,(H3,4,6,8)(H3,5,7,9);1H3. The highest BCUT2D eigenvalue weighted by atomic mass is 16.2. The fourth-order valence-corrected chi connectivity index (χ4v) is 0.218. The molecule has 7 heteroatoms. The van der Waals surface area contributed by atoms with Gasteiger partial charge in [-0.3, -0.25) is 0 Å². The van der Waals surface area contributed by atoms with E-state index in [1.165, 1.54) is 0 Å². The number of primary amides is 2. The molecule has 0 saturated heterocycles. The molecule has 0 aromatic heterocycles. The van der Waals surface area contributed by atoms with Crippen LogP contribution in [0.4, 0.5) is 9.59 Å². The van der Waals surface area contributed by atoms with Gasteiger partial charge in [0.2, 0.25) is 0 Å². The van der Waals surface area contributed by atoms with Gasteiger partial charge < -0.3 is 28.3 Å². The predicted octanol–water partition coefficient (Wildman–Crippen LogP) is -1.56. The molecule has 0 aromatic rings. The largest absolute Gasteiger partial charge is 0.352 e.